The lowest BCUT2D eigenvalue weighted by molar-refractivity contribution is -0.291. The fourth-order valence-electron chi connectivity index (χ4n) is 11.7. The number of aliphatic hydroxyl groups is 4. The van der Waals surface area contributed by atoms with Gasteiger partial charge in [0, 0.05) is 11.8 Å². The van der Waals surface area contributed by atoms with E-state index in [4.69, 9.17) is 9.47 Å². The number of fused-ring (bicyclic) bond motifs is 5. The van der Waals surface area contributed by atoms with Crippen LogP contribution in [-0.4, -0.2) is 63.2 Å². The number of allylic oxidation sites excluding steroid dienone is 5. The summed E-state index contributed by atoms with van der Waals surface area (Å²) in [5, 5.41) is 44.4. The smallest absolute Gasteiger partial charge is 0.111 e. The molecule has 0 amide bonds. The predicted molar refractivity (Wildman–Crippen MR) is 205 cm³/mol. The Morgan fingerprint density at radius 3 is 2.13 bits per heavy atom. The lowest BCUT2D eigenvalue weighted by Gasteiger charge is -2.60. The van der Waals surface area contributed by atoms with Gasteiger partial charge in [-0.25, -0.2) is 0 Å². The van der Waals surface area contributed by atoms with E-state index < -0.39 is 30.5 Å². The van der Waals surface area contributed by atoms with Crippen molar-refractivity contribution in [3.05, 3.63) is 64.3 Å². The summed E-state index contributed by atoms with van der Waals surface area (Å²) in [6.07, 6.45) is 26.0. The minimum atomic E-state index is -0.894. The monoisotopic (exact) mass is 714 g/mol. The molecule has 5 aliphatic carbocycles. The first-order valence-electron chi connectivity index (χ1n) is 21.7. The van der Waals surface area contributed by atoms with Crippen molar-refractivity contribution in [2.24, 2.45) is 35.5 Å². The fourth-order valence-corrected chi connectivity index (χ4v) is 11.7. The van der Waals surface area contributed by atoms with Crippen LogP contribution in [0.15, 0.2) is 53.1 Å². The van der Waals surface area contributed by atoms with Crippen LogP contribution in [0.5, 0.6) is 0 Å². The summed E-state index contributed by atoms with van der Waals surface area (Å²) in [6.45, 7) is 2.22. The molecule has 1 aromatic rings. The maximum absolute atomic E-state index is 11.5. The van der Waals surface area contributed by atoms with Crippen LogP contribution < -0.4 is 0 Å². The normalized spacial score (nSPS) is 40.8. The van der Waals surface area contributed by atoms with E-state index in [2.05, 4.69) is 49.4 Å². The molecule has 1 aromatic carbocycles. The van der Waals surface area contributed by atoms with Gasteiger partial charge in [0.2, 0.25) is 0 Å². The van der Waals surface area contributed by atoms with Crippen molar-refractivity contribution in [2.75, 3.05) is 0 Å². The molecule has 7 aliphatic rings. The quantitative estimate of drug-likeness (QED) is 0.194. The first-order chi connectivity index (χ1) is 25.4. The van der Waals surface area contributed by atoms with Gasteiger partial charge < -0.3 is 29.9 Å². The van der Waals surface area contributed by atoms with Crippen LogP contribution in [0.3, 0.4) is 0 Å². The minimum absolute atomic E-state index is 0.0491. The van der Waals surface area contributed by atoms with Gasteiger partial charge in [0.15, 0.2) is 0 Å². The van der Waals surface area contributed by atoms with Crippen molar-refractivity contribution in [3.8, 4) is 0 Å². The van der Waals surface area contributed by atoms with Gasteiger partial charge in [0.1, 0.15) is 18.3 Å². The van der Waals surface area contributed by atoms with E-state index >= 15 is 0 Å². The van der Waals surface area contributed by atoms with Crippen molar-refractivity contribution in [1.82, 2.24) is 0 Å². The summed E-state index contributed by atoms with van der Waals surface area (Å²) in [4.78, 5) is 0. The standard InChI is InChI=1S/C46H66O6/c1-2-31(44-43(50)41(48)39-35-16-7-5-3-4-6-8-17-36(35)46(39)52-44)14-11-15-33-26-30(24-28-12-9-10-13-28)27-34(33)25-29-18-20-32(21-19-29)45-42(49)40(47)37-22-23-38(37)51-45/h18-21,25-28,31,35-50H,2-17,22-24H2,1H3/b34-25-/t31?,35?,36?,37?,38-,39?,40-,41-,42-,43-,44?,45?,46-/m1/s1. The van der Waals surface area contributed by atoms with Crippen molar-refractivity contribution < 1.29 is 29.9 Å². The van der Waals surface area contributed by atoms with E-state index in [0.717, 1.165) is 62.0 Å². The van der Waals surface area contributed by atoms with Gasteiger partial charge >= 0.3 is 0 Å². The largest absolute Gasteiger partial charge is 0.390 e. The van der Waals surface area contributed by atoms with E-state index in [9.17, 15) is 20.4 Å². The Balaban J connectivity index is 0.925. The molecule has 8 rings (SSSR count). The summed E-state index contributed by atoms with van der Waals surface area (Å²) < 4.78 is 13.1. The zero-order valence-electron chi connectivity index (χ0n) is 31.7. The predicted octanol–water partition coefficient (Wildman–Crippen LogP) is 8.77. The third-order valence-corrected chi connectivity index (χ3v) is 14.9. The van der Waals surface area contributed by atoms with Crippen LogP contribution in [-0.2, 0) is 9.47 Å². The van der Waals surface area contributed by atoms with Gasteiger partial charge in [0.25, 0.3) is 0 Å². The van der Waals surface area contributed by atoms with E-state index in [1.807, 2.05) is 0 Å². The molecule has 2 heterocycles. The highest BCUT2D eigenvalue weighted by Gasteiger charge is 2.60. The lowest BCUT2D eigenvalue weighted by Crippen LogP contribution is -2.67. The van der Waals surface area contributed by atoms with Gasteiger partial charge in [-0.05, 0) is 109 Å². The lowest BCUT2D eigenvalue weighted by atomic mass is 9.54. The maximum Gasteiger partial charge on any atom is 0.111 e. The zero-order valence-corrected chi connectivity index (χ0v) is 31.7. The summed E-state index contributed by atoms with van der Waals surface area (Å²) in [5.41, 5.74) is 6.18. The number of hydrogen-bond acceptors (Lipinski definition) is 6. The molecule has 0 aromatic heterocycles. The molecule has 0 radical (unpaired) electrons. The van der Waals surface area contributed by atoms with Crippen LogP contribution in [0.2, 0.25) is 0 Å². The number of hydrogen-bond donors (Lipinski definition) is 4. The highest BCUT2D eigenvalue weighted by atomic mass is 16.5. The zero-order chi connectivity index (χ0) is 35.8. The molecule has 6 nitrogen and oxygen atoms in total. The molecule has 6 heteroatoms. The van der Waals surface area contributed by atoms with E-state index in [1.165, 1.54) is 93.8 Å². The minimum Gasteiger partial charge on any atom is -0.390 e. The Kier molecular flexibility index (Phi) is 11.8. The molecule has 4 N–H and O–H groups in total. The van der Waals surface area contributed by atoms with E-state index in [1.54, 1.807) is 0 Å². The molecule has 13 atom stereocenters. The molecule has 2 saturated heterocycles. The van der Waals surface area contributed by atoms with Crippen LogP contribution >= 0.6 is 0 Å². The number of rotatable bonds is 10. The van der Waals surface area contributed by atoms with E-state index in [0.29, 0.717) is 11.8 Å². The van der Waals surface area contributed by atoms with Crippen molar-refractivity contribution in [2.45, 2.75) is 178 Å². The highest BCUT2D eigenvalue weighted by Crippen LogP contribution is 2.54. The van der Waals surface area contributed by atoms with E-state index in [-0.39, 0.29) is 36.1 Å². The van der Waals surface area contributed by atoms with Gasteiger partial charge in [-0.1, -0.05) is 114 Å². The highest BCUT2D eigenvalue weighted by molar-refractivity contribution is 5.67. The molecule has 6 fully saturated rings. The Labute approximate surface area is 312 Å². The third-order valence-electron chi connectivity index (χ3n) is 14.9. The molecule has 2 aliphatic heterocycles. The van der Waals surface area contributed by atoms with Crippen molar-refractivity contribution in [1.29, 1.82) is 0 Å². The molecule has 52 heavy (non-hydrogen) atoms. The number of aliphatic hydroxyl groups excluding tert-OH is 4. The summed E-state index contributed by atoms with van der Waals surface area (Å²) in [7, 11) is 0. The van der Waals surface area contributed by atoms with Gasteiger partial charge in [-0.3, -0.25) is 0 Å². The second-order valence-electron chi connectivity index (χ2n) is 18.0. The molecule has 7 unspecified atom stereocenters. The first-order valence-corrected chi connectivity index (χ1v) is 21.7. The Morgan fingerprint density at radius 2 is 1.42 bits per heavy atom. The molecule has 286 valence electrons. The molecular weight excluding hydrogens is 649 g/mol. The summed E-state index contributed by atoms with van der Waals surface area (Å²) in [6, 6.07) is 8.35. The topological polar surface area (TPSA) is 99.4 Å². The molecular formula is C46H66O6. The third kappa shape index (κ3) is 7.56. The second kappa shape index (κ2) is 16.5. The average Bonchev–Trinajstić information content (AvgIpc) is 3.78. The van der Waals surface area contributed by atoms with Crippen molar-refractivity contribution >= 4 is 6.08 Å². The number of ether oxygens (including phenoxy) is 2. The van der Waals surface area contributed by atoms with Crippen LogP contribution in [0.25, 0.3) is 6.08 Å². The number of benzene rings is 1. The van der Waals surface area contributed by atoms with Gasteiger partial charge in [-0.15, -0.1) is 0 Å². The van der Waals surface area contributed by atoms with Crippen LogP contribution in [0.4, 0.5) is 0 Å². The van der Waals surface area contributed by atoms with Gasteiger partial charge in [0.05, 0.1) is 30.5 Å². The molecule has 0 bridgehead atoms. The van der Waals surface area contributed by atoms with Crippen molar-refractivity contribution in [3.63, 3.8) is 0 Å². The van der Waals surface area contributed by atoms with Gasteiger partial charge in [-0.2, -0.15) is 0 Å². The van der Waals surface area contributed by atoms with Crippen LogP contribution in [0, 0.1) is 35.5 Å². The average molecular weight is 715 g/mol. The summed E-state index contributed by atoms with van der Waals surface area (Å²) >= 11 is 0. The SMILES string of the molecule is CCC(CCCC1=CC(CC2CCCC2)=C/C1=C/c1ccc(C2O[C@@H]3CCC3[C@@H](O)[C@H]2O)cc1)C1O[C@@H]2C3CCCCCCCCC3C2[C@@H](O)[C@H]1O. The maximum atomic E-state index is 11.5. The first kappa shape index (κ1) is 37.1. The Hall–Kier alpha value is -1.80. The second-order valence-corrected chi connectivity index (χ2v) is 18.0. The molecule has 4 saturated carbocycles. The molecule has 0 spiro atoms. The fraction of sp³-hybridized carbons (Fsp3) is 0.739. The summed E-state index contributed by atoms with van der Waals surface area (Å²) in [5.74, 6) is 2.23. The Bertz CT molecular complexity index is 1440. The Morgan fingerprint density at radius 1 is 0.712 bits per heavy atom. The van der Waals surface area contributed by atoms with Crippen LogP contribution in [0.1, 0.15) is 146 Å².